The highest BCUT2D eigenvalue weighted by Crippen LogP contribution is 2.07. The van der Waals surface area contributed by atoms with Crippen LogP contribution in [-0.4, -0.2) is 55.3 Å². The van der Waals surface area contributed by atoms with E-state index in [2.05, 4.69) is 22.6 Å². The second-order valence-electron chi connectivity index (χ2n) is 4.06. The molecule has 1 rings (SSSR count). The van der Waals surface area contributed by atoms with Crippen LogP contribution in [0.5, 0.6) is 0 Å². The van der Waals surface area contributed by atoms with Gasteiger partial charge in [-0.2, -0.15) is 0 Å². The van der Waals surface area contributed by atoms with Gasteiger partial charge in [-0.05, 0) is 33.0 Å². The number of hydrogen-bond donors (Lipinski definition) is 2. The first-order valence-electron chi connectivity index (χ1n) is 5.42. The number of piperidine rings is 1. The third-order valence-electron chi connectivity index (χ3n) is 2.65. The molecule has 1 heterocycles. The molecule has 5 nitrogen and oxygen atoms in total. The summed E-state index contributed by atoms with van der Waals surface area (Å²) >= 11 is 5.29. The molecule has 0 saturated carbocycles. The molecule has 0 atom stereocenters. The highest BCUT2D eigenvalue weighted by Gasteiger charge is 2.18. The maximum absolute atomic E-state index is 11.4. The van der Waals surface area contributed by atoms with Crippen molar-refractivity contribution in [3.05, 3.63) is 0 Å². The molecule has 0 aliphatic carbocycles. The largest absolute Gasteiger partial charge is 0.352 e. The highest BCUT2D eigenvalue weighted by atomic mass is 35.5. The van der Waals surface area contributed by atoms with Crippen LogP contribution in [0.1, 0.15) is 12.8 Å². The fourth-order valence-corrected chi connectivity index (χ4v) is 1.75. The van der Waals surface area contributed by atoms with E-state index in [1.54, 1.807) is 0 Å². The van der Waals surface area contributed by atoms with E-state index in [-0.39, 0.29) is 30.3 Å². The fraction of sp³-hybridized carbons (Fsp3) is 0.800. The third kappa shape index (κ3) is 4.81. The summed E-state index contributed by atoms with van der Waals surface area (Å²) in [6, 6.07) is 0.233. The molecule has 0 aromatic rings. The van der Waals surface area contributed by atoms with Gasteiger partial charge in [0.1, 0.15) is 5.88 Å². The van der Waals surface area contributed by atoms with Gasteiger partial charge >= 0.3 is 0 Å². The maximum Gasteiger partial charge on any atom is 0.239 e. The number of likely N-dealkylation sites (tertiary alicyclic amines) is 1. The van der Waals surface area contributed by atoms with Gasteiger partial charge in [-0.25, -0.2) is 0 Å². The molecule has 1 aliphatic heterocycles. The molecule has 0 aromatic heterocycles. The maximum atomic E-state index is 11.4. The molecule has 0 aromatic carbocycles. The molecule has 0 spiro atoms. The number of carbonyl (C=O) groups is 2. The lowest BCUT2D eigenvalue weighted by Gasteiger charge is -2.29. The Morgan fingerprint density at radius 1 is 1.31 bits per heavy atom. The average Bonchev–Trinajstić information content (AvgIpc) is 2.29. The average molecular weight is 248 g/mol. The standard InChI is InChI=1S/C10H18ClN3O2/c1-14-4-2-8(3-5-14)13-10(16)7-12-9(15)6-11/h8H,2-7H2,1H3,(H,12,15)(H,13,16). The van der Waals surface area contributed by atoms with Crippen LogP contribution in [0.4, 0.5) is 0 Å². The second-order valence-corrected chi connectivity index (χ2v) is 4.32. The van der Waals surface area contributed by atoms with Crippen molar-refractivity contribution in [3.8, 4) is 0 Å². The first kappa shape index (κ1) is 13.3. The van der Waals surface area contributed by atoms with E-state index in [1.807, 2.05) is 0 Å². The Morgan fingerprint density at radius 2 is 1.94 bits per heavy atom. The van der Waals surface area contributed by atoms with Gasteiger partial charge in [-0.3, -0.25) is 9.59 Å². The van der Waals surface area contributed by atoms with E-state index in [1.165, 1.54) is 0 Å². The van der Waals surface area contributed by atoms with E-state index in [4.69, 9.17) is 11.6 Å². The quantitative estimate of drug-likeness (QED) is 0.662. The lowest BCUT2D eigenvalue weighted by Crippen LogP contribution is -2.46. The summed E-state index contributed by atoms with van der Waals surface area (Å²) in [5.74, 6) is -0.574. The van der Waals surface area contributed by atoms with Crippen LogP contribution in [0.3, 0.4) is 0 Å². The van der Waals surface area contributed by atoms with E-state index >= 15 is 0 Å². The topological polar surface area (TPSA) is 61.4 Å². The van der Waals surface area contributed by atoms with Gasteiger partial charge in [0.15, 0.2) is 0 Å². The van der Waals surface area contributed by atoms with Gasteiger partial charge in [0.05, 0.1) is 6.54 Å². The molecule has 0 unspecified atom stereocenters. The van der Waals surface area contributed by atoms with E-state index < -0.39 is 0 Å². The molecule has 0 bridgehead atoms. The zero-order valence-corrected chi connectivity index (χ0v) is 10.2. The van der Waals surface area contributed by atoms with Crippen LogP contribution in [-0.2, 0) is 9.59 Å². The van der Waals surface area contributed by atoms with Crippen molar-refractivity contribution >= 4 is 23.4 Å². The molecular formula is C10H18ClN3O2. The second kappa shape index (κ2) is 6.70. The van der Waals surface area contributed by atoms with Gasteiger partial charge in [0.2, 0.25) is 11.8 Å². The summed E-state index contributed by atoms with van der Waals surface area (Å²) in [5, 5.41) is 5.33. The SMILES string of the molecule is CN1CCC(NC(=O)CNC(=O)CCl)CC1. The van der Waals surface area contributed by atoms with Gasteiger partial charge < -0.3 is 15.5 Å². The number of halogens is 1. The lowest BCUT2D eigenvalue weighted by molar-refractivity contribution is -0.125. The van der Waals surface area contributed by atoms with E-state index in [0.29, 0.717) is 0 Å². The van der Waals surface area contributed by atoms with Crippen molar-refractivity contribution in [2.24, 2.45) is 0 Å². The zero-order chi connectivity index (χ0) is 12.0. The van der Waals surface area contributed by atoms with Gasteiger partial charge in [-0.1, -0.05) is 0 Å². The smallest absolute Gasteiger partial charge is 0.239 e. The molecule has 1 fully saturated rings. The summed E-state index contributed by atoms with van der Waals surface area (Å²) in [4.78, 5) is 24.5. The zero-order valence-electron chi connectivity index (χ0n) is 9.46. The Bertz CT molecular complexity index is 252. The van der Waals surface area contributed by atoms with Gasteiger partial charge in [0.25, 0.3) is 0 Å². The molecule has 2 amide bonds. The predicted octanol–water partition coefficient (Wildman–Crippen LogP) is -0.448. The Morgan fingerprint density at radius 3 is 2.50 bits per heavy atom. The Kier molecular flexibility index (Phi) is 5.55. The number of hydrogen-bond acceptors (Lipinski definition) is 3. The summed E-state index contributed by atoms with van der Waals surface area (Å²) in [6.45, 7) is 2.01. The Labute approximate surface area is 101 Å². The first-order valence-corrected chi connectivity index (χ1v) is 5.96. The molecule has 1 aliphatic rings. The predicted molar refractivity (Wildman–Crippen MR) is 62.4 cm³/mol. The summed E-state index contributed by atoms with van der Waals surface area (Å²) in [7, 11) is 2.07. The monoisotopic (exact) mass is 247 g/mol. The summed E-state index contributed by atoms with van der Waals surface area (Å²) in [5.41, 5.74) is 0. The molecule has 92 valence electrons. The number of alkyl halides is 1. The van der Waals surface area contributed by atoms with Crippen LogP contribution in [0.2, 0.25) is 0 Å². The van der Waals surface area contributed by atoms with Gasteiger partial charge in [0, 0.05) is 6.04 Å². The number of nitrogens with one attached hydrogen (secondary N) is 2. The van der Waals surface area contributed by atoms with Crippen molar-refractivity contribution in [2.45, 2.75) is 18.9 Å². The molecular weight excluding hydrogens is 230 g/mol. The van der Waals surface area contributed by atoms with Crippen molar-refractivity contribution in [1.29, 1.82) is 0 Å². The van der Waals surface area contributed by atoms with Crippen molar-refractivity contribution < 1.29 is 9.59 Å². The molecule has 2 N–H and O–H groups in total. The normalized spacial score (nSPS) is 18.1. The molecule has 6 heteroatoms. The first-order chi connectivity index (χ1) is 7.61. The Hall–Kier alpha value is -0.810. The van der Waals surface area contributed by atoms with Crippen LogP contribution in [0, 0.1) is 0 Å². The van der Waals surface area contributed by atoms with Crippen molar-refractivity contribution in [2.75, 3.05) is 32.6 Å². The Balaban J connectivity index is 2.16. The van der Waals surface area contributed by atoms with Crippen LogP contribution in [0.15, 0.2) is 0 Å². The number of nitrogens with zero attached hydrogens (tertiary/aromatic N) is 1. The minimum absolute atomic E-state index is 0.0118. The van der Waals surface area contributed by atoms with Crippen LogP contribution >= 0.6 is 11.6 Å². The molecule has 1 saturated heterocycles. The minimum atomic E-state index is -0.319. The van der Waals surface area contributed by atoms with E-state index in [0.717, 1.165) is 25.9 Å². The summed E-state index contributed by atoms with van der Waals surface area (Å²) < 4.78 is 0. The van der Waals surface area contributed by atoms with Crippen LogP contribution in [0.25, 0.3) is 0 Å². The highest BCUT2D eigenvalue weighted by molar-refractivity contribution is 6.27. The van der Waals surface area contributed by atoms with Gasteiger partial charge in [-0.15, -0.1) is 11.6 Å². The fourth-order valence-electron chi connectivity index (χ4n) is 1.66. The van der Waals surface area contributed by atoms with Crippen LogP contribution < -0.4 is 10.6 Å². The minimum Gasteiger partial charge on any atom is -0.352 e. The lowest BCUT2D eigenvalue weighted by atomic mass is 10.1. The number of carbonyl (C=O) groups excluding carboxylic acids is 2. The number of rotatable bonds is 4. The number of amides is 2. The summed E-state index contributed by atoms with van der Waals surface area (Å²) in [6.07, 6.45) is 1.93. The third-order valence-corrected chi connectivity index (χ3v) is 2.89. The van der Waals surface area contributed by atoms with Crippen molar-refractivity contribution in [1.82, 2.24) is 15.5 Å². The molecule has 0 radical (unpaired) electrons. The van der Waals surface area contributed by atoms with Crippen molar-refractivity contribution in [3.63, 3.8) is 0 Å². The molecule has 16 heavy (non-hydrogen) atoms. The van der Waals surface area contributed by atoms with E-state index in [9.17, 15) is 9.59 Å².